The van der Waals surface area contributed by atoms with E-state index < -0.39 is 10.0 Å². The minimum Gasteiger partial charge on any atom is -0.496 e. The predicted octanol–water partition coefficient (Wildman–Crippen LogP) is 4.75. The molecule has 9 heteroatoms. The fourth-order valence-corrected chi connectivity index (χ4v) is 4.55. The molecule has 3 rings (SSSR count). The molecule has 0 bridgehead atoms. The predicted molar refractivity (Wildman–Crippen MR) is 126 cm³/mol. The lowest BCUT2D eigenvalue weighted by Crippen LogP contribution is -2.27. The smallest absolute Gasteiger partial charge is 0.251 e. The summed E-state index contributed by atoms with van der Waals surface area (Å²) in [5.74, 6) is 0.169. The second kappa shape index (κ2) is 10.4. The van der Waals surface area contributed by atoms with Crippen LogP contribution in [0.5, 0.6) is 5.75 Å². The first kappa shape index (κ1) is 24.1. The number of rotatable bonds is 8. The first-order valence-electron chi connectivity index (χ1n) is 9.63. The molecular weight excluding hydrogens is 471 g/mol. The lowest BCUT2D eigenvalue weighted by atomic mass is 10.1. The summed E-state index contributed by atoms with van der Waals surface area (Å²) in [5.41, 5.74) is 1.73. The number of carbonyl (C=O) groups excluding carboxylic acids is 1. The van der Waals surface area contributed by atoms with Gasteiger partial charge in [0, 0.05) is 41.3 Å². The van der Waals surface area contributed by atoms with Crippen LogP contribution in [0, 0.1) is 0 Å². The second-order valence-electron chi connectivity index (χ2n) is 7.02. The molecule has 1 N–H and O–H groups in total. The average molecular weight is 493 g/mol. The number of carbonyl (C=O) groups is 1. The maximum Gasteiger partial charge on any atom is 0.251 e. The number of hydrogen-bond acceptors (Lipinski definition) is 4. The van der Waals surface area contributed by atoms with E-state index in [0.717, 1.165) is 5.56 Å². The van der Waals surface area contributed by atoms with Gasteiger partial charge in [-0.1, -0.05) is 41.4 Å². The number of amides is 1. The molecular formula is C23H22Cl2N2O4S. The van der Waals surface area contributed by atoms with E-state index in [2.05, 4.69) is 5.32 Å². The highest BCUT2D eigenvalue weighted by Crippen LogP contribution is 2.25. The van der Waals surface area contributed by atoms with Gasteiger partial charge in [-0.2, -0.15) is 4.31 Å². The summed E-state index contributed by atoms with van der Waals surface area (Å²) >= 11 is 12.0. The fraction of sp³-hybridized carbons (Fsp3) is 0.174. The molecule has 0 aliphatic carbocycles. The normalized spacial score (nSPS) is 11.4. The van der Waals surface area contributed by atoms with Crippen LogP contribution in [0.4, 0.5) is 0 Å². The van der Waals surface area contributed by atoms with Crippen molar-refractivity contribution in [3.63, 3.8) is 0 Å². The number of methoxy groups -OCH3 is 1. The molecule has 1 amide bonds. The molecule has 6 nitrogen and oxygen atoms in total. The van der Waals surface area contributed by atoms with E-state index >= 15 is 0 Å². The Morgan fingerprint density at radius 3 is 2.34 bits per heavy atom. The minimum atomic E-state index is -3.76. The molecule has 3 aromatic carbocycles. The summed E-state index contributed by atoms with van der Waals surface area (Å²) in [6.07, 6.45) is 0. The quantitative estimate of drug-likeness (QED) is 0.492. The molecule has 0 atom stereocenters. The van der Waals surface area contributed by atoms with Crippen molar-refractivity contribution in [2.75, 3.05) is 14.2 Å². The molecule has 0 unspecified atom stereocenters. The van der Waals surface area contributed by atoms with Gasteiger partial charge in [-0.05, 0) is 54.1 Å². The van der Waals surface area contributed by atoms with Gasteiger partial charge in [0.25, 0.3) is 5.91 Å². The molecule has 168 valence electrons. The van der Waals surface area contributed by atoms with Crippen molar-refractivity contribution in [1.82, 2.24) is 9.62 Å². The van der Waals surface area contributed by atoms with E-state index in [4.69, 9.17) is 27.9 Å². The lowest BCUT2D eigenvalue weighted by molar-refractivity contribution is 0.0950. The van der Waals surface area contributed by atoms with Gasteiger partial charge < -0.3 is 10.1 Å². The molecule has 0 fully saturated rings. The van der Waals surface area contributed by atoms with Crippen molar-refractivity contribution in [3.8, 4) is 5.75 Å². The lowest BCUT2D eigenvalue weighted by Gasteiger charge is -2.19. The molecule has 32 heavy (non-hydrogen) atoms. The Labute approximate surface area is 197 Å². The van der Waals surface area contributed by atoms with E-state index in [1.165, 1.54) is 42.7 Å². The number of ether oxygens (including phenoxy) is 1. The molecule has 0 aliphatic rings. The maximum atomic E-state index is 12.9. The Morgan fingerprint density at radius 2 is 1.69 bits per heavy atom. The van der Waals surface area contributed by atoms with Crippen LogP contribution in [0.2, 0.25) is 10.0 Å². The third-order valence-electron chi connectivity index (χ3n) is 4.85. The Hall–Kier alpha value is -2.58. The summed E-state index contributed by atoms with van der Waals surface area (Å²) in [6.45, 7) is 0.282. The number of nitrogens with one attached hydrogen (secondary N) is 1. The highest BCUT2D eigenvalue weighted by atomic mass is 35.5. The topological polar surface area (TPSA) is 75.7 Å². The van der Waals surface area contributed by atoms with Crippen LogP contribution in [0.1, 0.15) is 21.5 Å². The van der Waals surface area contributed by atoms with Crippen LogP contribution in [0.25, 0.3) is 0 Å². The summed E-state index contributed by atoms with van der Waals surface area (Å²) in [6, 6.07) is 18.1. The molecule has 0 heterocycles. The number of hydrogen-bond donors (Lipinski definition) is 1. The van der Waals surface area contributed by atoms with E-state index in [0.29, 0.717) is 26.9 Å². The third-order valence-corrected chi connectivity index (χ3v) is 7.29. The standard InChI is InChI=1S/C23H22Cl2N2O4S/c1-27(32(29,30)20-10-8-19(24)9-11-20)15-18-13-16(7-12-22(18)31-2)23(28)26-14-17-5-3-4-6-21(17)25/h3-13H,14-15H2,1-2H3,(H,26,28). The van der Waals surface area contributed by atoms with Gasteiger partial charge in [0.2, 0.25) is 10.0 Å². The van der Waals surface area contributed by atoms with Crippen LogP contribution >= 0.6 is 23.2 Å². The molecule has 0 aromatic heterocycles. The van der Waals surface area contributed by atoms with Gasteiger partial charge in [-0.25, -0.2) is 8.42 Å². The largest absolute Gasteiger partial charge is 0.496 e. The van der Waals surface area contributed by atoms with E-state index in [1.807, 2.05) is 18.2 Å². The Morgan fingerprint density at radius 1 is 1.00 bits per heavy atom. The summed E-state index contributed by atoms with van der Waals surface area (Å²) in [5, 5.41) is 3.84. The van der Waals surface area contributed by atoms with Crippen molar-refractivity contribution >= 4 is 39.1 Å². The van der Waals surface area contributed by atoms with Crippen molar-refractivity contribution in [2.24, 2.45) is 0 Å². The van der Waals surface area contributed by atoms with Crippen molar-refractivity contribution in [1.29, 1.82) is 0 Å². The maximum absolute atomic E-state index is 12.9. The van der Waals surface area contributed by atoms with Gasteiger partial charge >= 0.3 is 0 Å². The third kappa shape index (κ3) is 5.61. The molecule has 0 spiro atoms. The first-order valence-corrected chi connectivity index (χ1v) is 11.8. The van der Waals surface area contributed by atoms with E-state index in [-0.39, 0.29) is 23.9 Å². The van der Waals surface area contributed by atoms with Crippen LogP contribution < -0.4 is 10.1 Å². The first-order chi connectivity index (χ1) is 15.2. The minimum absolute atomic E-state index is 0.0137. The van der Waals surface area contributed by atoms with Crippen LogP contribution in [-0.2, 0) is 23.1 Å². The highest BCUT2D eigenvalue weighted by Gasteiger charge is 2.22. The van der Waals surface area contributed by atoms with Gasteiger partial charge in [-0.15, -0.1) is 0 Å². The fourth-order valence-electron chi connectivity index (χ4n) is 3.07. The number of benzene rings is 3. The van der Waals surface area contributed by atoms with Crippen molar-refractivity contribution in [2.45, 2.75) is 18.0 Å². The van der Waals surface area contributed by atoms with Crippen molar-refractivity contribution < 1.29 is 17.9 Å². The monoisotopic (exact) mass is 492 g/mol. The Bertz CT molecular complexity index is 1210. The highest BCUT2D eigenvalue weighted by molar-refractivity contribution is 7.89. The van der Waals surface area contributed by atoms with Crippen molar-refractivity contribution in [3.05, 3.63) is 93.5 Å². The molecule has 3 aromatic rings. The zero-order valence-corrected chi connectivity index (χ0v) is 19.8. The zero-order valence-electron chi connectivity index (χ0n) is 17.5. The van der Waals surface area contributed by atoms with Crippen LogP contribution in [0.15, 0.2) is 71.6 Å². The van der Waals surface area contributed by atoms with Crippen LogP contribution in [-0.4, -0.2) is 32.8 Å². The Kier molecular flexibility index (Phi) is 7.79. The number of nitrogens with zero attached hydrogens (tertiary/aromatic N) is 1. The summed E-state index contributed by atoms with van der Waals surface area (Å²) in [7, 11) is -0.804. The van der Waals surface area contributed by atoms with E-state index in [1.54, 1.807) is 24.3 Å². The summed E-state index contributed by atoms with van der Waals surface area (Å²) < 4.78 is 32.4. The number of sulfonamides is 1. The van der Waals surface area contributed by atoms with E-state index in [9.17, 15) is 13.2 Å². The second-order valence-corrected chi connectivity index (χ2v) is 9.90. The Balaban J connectivity index is 1.79. The zero-order chi connectivity index (χ0) is 23.3. The molecule has 0 saturated heterocycles. The summed E-state index contributed by atoms with van der Waals surface area (Å²) in [4.78, 5) is 12.8. The van der Waals surface area contributed by atoms with Gasteiger partial charge in [0.1, 0.15) is 5.75 Å². The average Bonchev–Trinajstić information content (AvgIpc) is 2.78. The van der Waals surface area contributed by atoms with Gasteiger partial charge in [-0.3, -0.25) is 4.79 Å². The molecule has 0 saturated carbocycles. The van der Waals surface area contributed by atoms with Gasteiger partial charge in [0.05, 0.1) is 12.0 Å². The SMILES string of the molecule is COc1ccc(C(=O)NCc2ccccc2Cl)cc1CN(C)S(=O)(=O)c1ccc(Cl)cc1. The molecule has 0 radical (unpaired) electrons. The van der Waals surface area contributed by atoms with Gasteiger partial charge in [0.15, 0.2) is 0 Å². The number of halogens is 2. The molecule has 0 aliphatic heterocycles. The van der Waals surface area contributed by atoms with Crippen LogP contribution in [0.3, 0.4) is 0 Å².